The van der Waals surface area contributed by atoms with Crippen molar-refractivity contribution in [3.05, 3.63) is 42.4 Å². The van der Waals surface area contributed by atoms with Crippen LogP contribution in [0, 0.1) is 5.92 Å². The Morgan fingerprint density at radius 1 is 1.26 bits per heavy atom. The molecule has 0 spiro atoms. The first-order chi connectivity index (χ1) is 11.2. The smallest absolute Gasteiger partial charge is 0.257 e. The van der Waals surface area contributed by atoms with Gasteiger partial charge in [0.05, 0.1) is 5.56 Å². The quantitative estimate of drug-likeness (QED) is 0.929. The summed E-state index contributed by atoms with van der Waals surface area (Å²) in [5, 5.41) is 0. The summed E-state index contributed by atoms with van der Waals surface area (Å²) in [6.07, 6.45) is 6.97. The first-order valence-corrected chi connectivity index (χ1v) is 7.97. The highest BCUT2D eigenvalue weighted by molar-refractivity contribution is 5.94. The molecule has 2 aromatic rings. The van der Waals surface area contributed by atoms with Crippen LogP contribution in [0.15, 0.2) is 36.8 Å². The molecule has 1 aliphatic rings. The molecule has 0 radical (unpaired) electrons. The van der Waals surface area contributed by atoms with Crippen LogP contribution in [-0.2, 0) is 0 Å². The van der Waals surface area contributed by atoms with Gasteiger partial charge in [-0.15, -0.1) is 0 Å². The van der Waals surface area contributed by atoms with E-state index in [4.69, 9.17) is 5.73 Å². The molecule has 0 aromatic carbocycles. The van der Waals surface area contributed by atoms with Gasteiger partial charge in [-0.05, 0) is 24.5 Å². The molecule has 1 fully saturated rings. The van der Waals surface area contributed by atoms with Crippen molar-refractivity contribution >= 4 is 5.91 Å². The van der Waals surface area contributed by atoms with Crippen molar-refractivity contribution < 1.29 is 4.79 Å². The number of nitrogens with two attached hydrogens (primary N) is 1. The van der Waals surface area contributed by atoms with E-state index >= 15 is 0 Å². The molecule has 0 saturated carbocycles. The number of nitrogens with zero attached hydrogens (tertiary/aromatic N) is 4. The SMILES string of the molecule is CCC[C@@H]1CN(C(=O)c2cnc(-c3ccccn3)nc2)C[C@H]1N. The number of rotatable bonds is 4. The minimum Gasteiger partial charge on any atom is -0.337 e. The van der Waals surface area contributed by atoms with Crippen LogP contribution in [-0.4, -0.2) is 44.9 Å². The van der Waals surface area contributed by atoms with Crippen LogP contribution in [0.2, 0.25) is 0 Å². The third-order valence-electron chi connectivity index (χ3n) is 4.23. The van der Waals surface area contributed by atoms with Crippen molar-refractivity contribution in [2.24, 2.45) is 11.7 Å². The molecule has 2 atom stereocenters. The van der Waals surface area contributed by atoms with Gasteiger partial charge in [0.2, 0.25) is 0 Å². The molecule has 1 aliphatic heterocycles. The highest BCUT2D eigenvalue weighted by Gasteiger charge is 2.32. The predicted octanol–water partition coefficient (Wildman–Crippen LogP) is 1.74. The number of hydrogen-bond donors (Lipinski definition) is 1. The Morgan fingerprint density at radius 3 is 2.70 bits per heavy atom. The van der Waals surface area contributed by atoms with Crippen LogP contribution >= 0.6 is 0 Å². The first-order valence-electron chi connectivity index (χ1n) is 7.97. The van der Waals surface area contributed by atoms with Crippen LogP contribution in [0.25, 0.3) is 11.5 Å². The lowest BCUT2D eigenvalue weighted by molar-refractivity contribution is 0.0784. The zero-order chi connectivity index (χ0) is 16.2. The fraction of sp³-hybridized carbons (Fsp3) is 0.412. The minimum absolute atomic E-state index is 0.0494. The van der Waals surface area contributed by atoms with Gasteiger partial charge in [0.1, 0.15) is 5.69 Å². The Bertz CT molecular complexity index is 658. The molecule has 1 amide bonds. The monoisotopic (exact) mass is 311 g/mol. The van der Waals surface area contributed by atoms with Crippen LogP contribution in [0.1, 0.15) is 30.1 Å². The molecule has 3 heterocycles. The van der Waals surface area contributed by atoms with Gasteiger partial charge in [-0.1, -0.05) is 19.4 Å². The summed E-state index contributed by atoms with van der Waals surface area (Å²) in [5.41, 5.74) is 7.32. The second-order valence-electron chi connectivity index (χ2n) is 5.93. The van der Waals surface area contributed by atoms with E-state index in [2.05, 4.69) is 21.9 Å². The van der Waals surface area contributed by atoms with E-state index < -0.39 is 0 Å². The summed E-state index contributed by atoms with van der Waals surface area (Å²) in [6, 6.07) is 5.62. The first kappa shape index (κ1) is 15.6. The number of aromatic nitrogens is 3. The van der Waals surface area contributed by atoms with E-state index in [0.717, 1.165) is 19.4 Å². The number of amides is 1. The van der Waals surface area contributed by atoms with E-state index in [1.165, 1.54) is 0 Å². The Balaban J connectivity index is 1.71. The lowest BCUT2D eigenvalue weighted by atomic mass is 9.99. The Kier molecular flexibility index (Phi) is 4.62. The van der Waals surface area contributed by atoms with E-state index in [9.17, 15) is 4.79 Å². The lowest BCUT2D eigenvalue weighted by Crippen LogP contribution is -2.32. The molecule has 2 N–H and O–H groups in total. The summed E-state index contributed by atoms with van der Waals surface area (Å²) < 4.78 is 0. The maximum Gasteiger partial charge on any atom is 0.257 e. The third-order valence-corrected chi connectivity index (χ3v) is 4.23. The Hall–Kier alpha value is -2.34. The second-order valence-corrected chi connectivity index (χ2v) is 5.93. The average molecular weight is 311 g/mol. The number of likely N-dealkylation sites (tertiary alicyclic amines) is 1. The number of hydrogen-bond acceptors (Lipinski definition) is 5. The lowest BCUT2D eigenvalue weighted by Gasteiger charge is -2.15. The van der Waals surface area contributed by atoms with Gasteiger partial charge < -0.3 is 10.6 Å². The average Bonchev–Trinajstić information content (AvgIpc) is 2.96. The van der Waals surface area contributed by atoms with E-state index in [-0.39, 0.29) is 11.9 Å². The molecule has 0 aliphatic carbocycles. The van der Waals surface area contributed by atoms with Gasteiger partial charge in [-0.2, -0.15) is 0 Å². The molecule has 120 valence electrons. The fourth-order valence-electron chi connectivity index (χ4n) is 2.99. The van der Waals surface area contributed by atoms with Crippen LogP contribution in [0.4, 0.5) is 0 Å². The highest BCUT2D eigenvalue weighted by atomic mass is 16.2. The molecular weight excluding hydrogens is 290 g/mol. The fourth-order valence-corrected chi connectivity index (χ4v) is 2.99. The number of pyridine rings is 1. The molecule has 0 unspecified atom stereocenters. The summed E-state index contributed by atoms with van der Waals surface area (Å²) >= 11 is 0. The van der Waals surface area contributed by atoms with Crippen molar-refractivity contribution in [2.75, 3.05) is 13.1 Å². The van der Waals surface area contributed by atoms with Crippen molar-refractivity contribution in [1.29, 1.82) is 0 Å². The maximum atomic E-state index is 12.6. The number of carbonyl (C=O) groups excluding carboxylic acids is 1. The van der Waals surface area contributed by atoms with Crippen LogP contribution < -0.4 is 5.73 Å². The zero-order valence-electron chi connectivity index (χ0n) is 13.2. The predicted molar refractivity (Wildman–Crippen MR) is 87.5 cm³/mol. The van der Waals surface area contributed by atoms with Gasteiger partial charge in [0, 0.05) is 37.7 Å². The summed E-state index contributed by atoms with van der Waals surface area (Å²) in [4.78, 5) is 27.1. The summed E-state index contributed by atoms with van der Waals surface area (Å²) in [6.45, 7) is 3.46. The molecule has 6 nitrogen and oxygen atoms in total. The summed E-state index contributed by atoms with van der Waals surface area (Å²) in [5.74, 6) is 0.855. The molecule has 2 aromatic heterocycles. The van der Waals surface area contributed by atoms with Crippen molar-refractivity contribution in [2.45, 2.75) is 25.8 Å². The van der Waals surface area contributed by atoms with Crippen molar-refractivity contribution in [3.63, 3.8) is 0 Å². The number of carbonyl (C=O) groups is 1. The third kappa shape index (κ3) is 3.37. The van der Waals surface area contributed by atoms with E-state index in [0.29, 0.717) is 29.5 Å². The molecule has 6 heteroatoms. The van der Waals surface area contributed by atoms with Gasteiger partial charge in [0.25, 0.3) is 5.91 Å². The summed E-state index contributed by atoms with van der Waals surface area (Å²) in [7, 11) is 0. The minimum atomic E-state index is -0.0494. The zero-order valence-corrected chi connectivity index (χ0v) is 13.2. The normalized spacial score (nSPS) is 20.7. The molecule has 3 rings (SSSR count). The van der Waals surface area contributed by atoms with Gasteiger partial charge in [-0.25, -0.2) is 9.97 Å². The van der Waals surface area contributed by atoms with E-state index in [1.807, 2.05) is 23.1 Å². The largest absolute Gasteiger partial charge is 0.337 e. The molecular formula is C17H21N5O. The Morgan fingerprint density at radius 2 is 2.04 bits per heavy atom. The van der Waals surface area contributed by atoms with Gasteiger partial charge in [0.15, 0.2) is 5.82 Å². The Labute approximate surface area is 135 Å². The molecule has 1 saturated heterocycles. The molecule has 23 heavy (non-hydrogen) atoms. The van der Waals surface area contributed by atoms with Crippen LogP contribution in [0.3, 0.4) is 0 Å². The highest BCUT2D eigenvalue weighted by Crippen LogP contribution is 2.22. The van der Waals surface area contributed by atoms with Gasteiger partial charge in [-0.3, -0.25) is 9.78 Å². The second kappa shape index (κ2) is 6.83. The molecule has 0 bridgehead atoms. The van der Waals surface area contributed by atoms with Crippen LogP contribution in [0.5, 0.6) is 0 Å². The standard InChI is InChI=1S/C17H21N5O/c1-2-5-12-10-22(11-14(12)18)17(23)13-8-20-16(21-9-13)15-6-3-4-7-19-15/h3-4,6-9,12,14H,2,5,10-11,18H2,1H3/t12-,14-/m1/s1. The van der Waals surface area contributed by atoms with Crippen molar-refractivity contribution in [3.8, 4) is 11.5 Å². The maximum absolute atomic E-state index is 12.6. The van der Waals surface area contributed by atoms with Crippen molar-refractivity contribution in [1.82, 2.24) is 19.9 Å². The van der Waals surface area contributed by atoms with Gasteiger partial charge >= 0.3 is 0 Å². The topological polar surface area (TPSA) is 85.0 Å². The van der Waals surface area contributed by atoms with E-state index in [1.54, 1.807) is 18.6 Å².